The fourth-order valence-electron chi connectivity index (χ4n) is 1.76. The van der Waals surface area contributed by atoms with Gasteiger partial charge in [-0.15, -0.1) is 0 Å². The minimum absolute atomic E-state index is 0.0714. The first-order valence-electron chi connectivity index (χ1n) is 5.38. The van der Waals surface area contributed by atoms with Crippen LogP contribution in [-0.2, 0) is 0 Å². The molecule has 0 amide bonds. The van der Waals surface area contributed by atoms with Gasteiger partial charge in [-0.3, -0.25) is 19.3 Å². The summed E-state index contributed by atoms with van der Waals surface area (Å²) in [4.78, 5) is 34.2. The van der Waals surface area contributed by atoms with E-state index in [1.54, 1.807) is 0 Å². The summed E-state index contributed by atoms with van der Waals surface area (Å²) in [5.41, 5.74) is 0.243. The lowest BCUT2D eigenvalue weighted by atomic mass is 10.3. The van der Waals surface area contributed by atoms with E-state index in [2.05, 4.69) is 15.0 Å². The van der Waals surface area contributed by atoms with E-state index in [1.165, 1.54) is 29.2 Å². The number of nitrogens with zero attached hydrogens (tertiary/aromatic N) is 3. The van der Waals surface area contributed by atoms with Gasteiger partial charge in [0.25, 0.3) is 5.56 Å². The van der Waals surface area contributed by atoms with Crippen LogP contribution in [0.4, 0.5) is 0 Å². The smallest absolute Gasteiger partial charge is 0.305 e. The summed E-state index contributed by atoms with van der Waals surface area (Å²) in [6.45, 7) is 0. The number of H-pyrrole nitrogens is 1. The summed E-state index contributed by atoms with van der Waals surface area (Å²) in [5.74, 6) is 0. The van der Waals surface area contributed by atoms with Gasteiger partial charge < -0.3 is 4.98 Å². The zero-order chi connectivity index (χ0) is 11.8. The lowest BCUT2D eigenvalue weighted by Crippen LogP contribution is -2.34. The normalized spacial score (nSPS) is 14.8. The predicted octanol–water partition coefficient (Wildman–Crippen LogP) is 0.328. The van der Waals surface area contributed by atoms with Crippen molar-refractivity contribution in [2.75, 3.05) is 0 Å². The highest BCUT2D eigenvalue weighted by atomic mass is 16.2. The van der Waals surface area contributed by atoms with E-state index in [4.69, 9.17) is 0 Å². The van der Waals surface area contributed by atoms with E-state index in [1.807, 2.05) is 0 Å². The molecule has 2 heterocycles. The van der Waals surface area contributed by atoms with E-state index >= 15 is 0 Å². The maximum atomic E-state index is 11.8. The van der Waals surface area contributed by atoms with Gasteiger partial charge in [-0.05, 0) is 12.8 Å². The summed E-state index contributed by atoms with van der Waals surface area (Å²) in [7, 11) is 0. The summed E-state index contributed by atoms with van der Waals surface area (Å²) < 4.78 is 1.26. The molecule has 0 bridgehead atoms. The Morgan fingerprint density at radius 1 is 1.29 bits per heavy atom. The summed E-state index contributed by atoms with van der Waals surface area (Å²) in [6.07, 6.45) is 6.35. The number of nitrogens with one attached hydrogen (secondary N) is 1. The molecule has 1 aliphatic rings. The van der Waals surface area contributed by atoms with Crippen molar-refractivity contribution >= 4 is 0 Å². The molecular weight excluding hydrogens is 220 g/mol. The minimum atomic E-state index is -0.374. The Labute approximate surface area is 96.0 Å². The number of aromatic amines is 1. The van der Waals surface area contributed by atoms with Crippen LogP contribution in [0, 0.1) is 0 Å². The van der Waals surface area contributed by atoms with E-state index in [-0.39, 0.29) is 17.3 Å². The van der Waals surface area contributed by atoms with Gasteiger partial charge in [-0.25, -0.2) is 4.79 Å². The molecule has 0 spiro atoms. The van der Waals surface area contributed by atoms with Crippen LogP contribution in [0.15, 0.2) is 34.2 Å². The maximum absolute atomic E-state index is 11.8. The molecular formula is C11H10N4O2. The van der Waals surface area contributed by atoms with Gasteiger partial charge in [0.15, 0.2) is 0 Å². The monoisotopic (exact) mass is 230 g/mol. The van der Waals surface area contributed by atoms with Gasteiger partial charge in [0.05, 0.1) is 11.9 Å². The van der Waals surface area contributed by atoms with Gasteiger partial charge in [-0.2, -0.15) is 0 Å². The summed E-state index contributed by atoms with van der Waals surface area (Å²) in [5, 5.41) is 0. The van der Waals surface area contributed by atoms with Crippen LogP contribution in [0.2, 0.25) is 0 Å². The van der Waals surface area contributed by atoms with Crippen molar-refractivity contribution in [3.05, 3.63) is 45.5 Å². The third kappa shape index (κ3) is 1.77. The Morgan fingerprint density at radius 2 is 2.12 bits per heavy atom. The Hall–Kier alpha value is -2.24. The third-order valence-corrected chi connectivity index (χ3v) is 2.72. The molecule has 1 fully saturated rings. The van der Waals surface area contributed by atoms with Crippen LogP contribution < -0.4 is 11.2 Å². The highest BCUT2D eigenvalue weighted by molar-refractivity contribution is 5.50. The van der Waals surface area contributed by atoms with Crippen molar-refractivity contribution < 1.29 is 0 Å². The van der Waals surface area contributed by atoms with Crippen LogP contribution in [-0.4, -0.2) is 19.5 Å². The first-order chi connectivity index (χ1) is 8.25. The van der Waals surface area contributed by atoms with Gasteiger partial charge in [-0.1, -0.05) is 0 Å². The number of aromatic nitrogens is 4. The van der Waals surface area contributed by atoms with E-state index < -0.39 is 0 Å². The fourth-order valence-corrected chi connectivity index (χ4v) is 1.76. The molecule has 0 aromatic carbocycles. The lowest BCUT2D eigenvalue weighted by Gasteiger charge is -2.03. The minimum Gasteiger partial charge on any atom is -0.305 e. The number of hydrogen-bond donors (Lipinski definition) is 1. The van der Waals surface area contributed by atoms with Gasteiger partial charge in [0.1, 0.15) is 5.69 Å². The molecule has 6 heteroatoms. The van der Waals surface area contributed by atoms with Crippen molar-refractivity contribution in [3.63, 3.8) is 0 Å². The Kier molecular flexibility index (Phi) is 2.14. The van der Waals surface area contributed by atoms with Crippen molar-refractivity contribution in [1.29, 1.82) is 0 Å². The molecule has 86 valence electrons. The fraction of sp³-hybridized carbons (Fsp3) is 0.273. The SMILES string of the molecule is O=c1cc(-c2cnccn2)[nH]c(=O)n1C1CC1. The molecule has 1 saturated carbocycles. The van der Waals surface area contributed by atoms with Crippen LogP contribution in [0.25, 0.3) is 11.4 Å². The highest BCUT2D eigenvalue weighted by Crippen LogP contribution is 2.32. The average molecular weight is 230 g/mol. The first kappa shape index (κ1) is 9.95. The molecule has 0 aliphatic heterocycles. The van der Waals surface area contributed by atoms with E-state index in [9.17, 15) is 9.59 Å². The number of hydrogen-bond acceptors (Lipinski definition) is 4. The predicted molar refractivity (Wildman–Crippen MR) is 60.6 cm³/mol. The molecule has 0 unspecified atom stereocenters. The second-order valence-electron chi connectivity index (χ2n) is 4.02. The zero-order valence-electron chi connectivity index (χ0n) is 8.96. The topological polar surface area (TPSA) is 80.6 Å². The molecule has 3 rings (SSSR count). The quantitative estimate of drug-likeness (QED) is 0.806. The first-order valence-corrected chi connectivity index (χ1v) is 5.38. The van der Waals surface area contributed by atoms with Gasteiger partial charge in [0.2, 0.25) is 0 Å². The van der Waals surface area contributed by atoms with Crippen molar-refractivity contribution in [2.24, 2.45) is 0 Å². The second kappa shape index (κ2) is 3.65. The van der Waals surface area contributed by atoms with Crippen LogP contribution in [0.1, 0.15) is 18.9 Å². The van der Waals surface area contributed by atoms with E-state index in [0.29, 0.717) is 11.4 Å². The molecule has 6 nitrogen and oxygen atoms in total. The molecule has 1 N–H and O–H groups in total. The van der Waals surface area contributed by atoms with Crippen LogP contribution >= 0.6 is 0 Å². The Balaban J connectivity index is 2.15. The third-order valence-electron chi connectivity index (χ3n) is 2.72. The second-order valence-corrected chi connectivity index (χ2v) is 4.02. The highest BCUT2D eigenvalue weighted by Gasteiger charge is 2.26. The maximum Gasteiger partial charge on any atom is 0.329 e. The Morgan fingerprint density at radius 3 is 2.71 bits per heavy atom. The standard InChI is InChI=1S/C11H10N4O2/c16-10-5-8(9-6-12-3-4-13-9)14-11(17)15(10)7-1-2-7/h3-7H,1-2H2,(H,14,17). The molecule has 2 aromatic heterocycles. The Bertz CT molecular complexity index is 624. The molecule has 0 atom stereocenters. The molecule has 17 heavy (non-hydrogen) atoms. The molecule has 1 aliphatic carbocycles. The largest absolute Gasteiger partial charge is 0.329 e. The zero-order valence-corrected chi connectivity index (χ0v) is 8.96. The van der Waals surface area contributed by atoms with E-state index in [0.717, 1.165) is 12.8 Å². The van der Waals surface area contributed by atoms with Crippen molar-refractivity contribution in [2.45, 2.75) is 18.9 Å². The molecule has 2 aromatic rings. The van der Waals surface area contributed by atoms with Crippen molar-refractivity contribution in [1.82, 2.24) is 19.5 Å². The number of rotatable bonds is 2. The molecule has 0 saturated heterocycles. The van der Waals surface area contributed by atoms with Crippen molar-refractivity contribution in [3.8, 4) is 11.4 Å². The van der Waals surface area contributed by atoms with Crippen LogP contribution in [0.3, 0.4) is 0 Å². The van der Waals surface area contributed by atoms with Crippen LogP contribution in [0.5, 0.6) is 0 Å². The van der Waals surface area contributed by atoms with Gasteiger partial charge >= 0.3 is 5.69 Å². The summed E-state index contributed by atoms with van der Waals surface area (Å²) in [6, 6.07) is 1.46. The average Bonchev–Trinajstić information content (AvgIpc) is 3.14. The summed E-state index contributed by atoms with van der Waals surface area (Å²) >= 11 is 0. The molecule has 0 radical (unpaired) electrons. The van der Waals surface area contributed by atoms with Gasteiger partial charge in [0, 0.05) is 24.5 Å². The lowest BCUT2D eigenvalue weighted by molar-refractivity contribution is 0.656.